The summed E-state index contributed by atoms with van der Waals surface area (Å²) in [5.41, 5.74) is 1.46. The van der Waals surface area contributed by atoms with Gasteiger partial charge in [-0.3, -0.25) is 4.79 Å². The van der Waals surface area contributed by atoms with E-state index in [1.807, 2.05) is 0 Å². The van der Waals surface area contributed by atoms with E-state index in [0.717, 1.165) is 11.1 Å². The monoisotopic (exact) mass is 153 g/mol. The van der Waals surface area contributed by atoms with Gasteiger partial charge < -0.3 is 10.1 Å². The summed E-state index contributed by atoms with van der Waals surface area (Å²) in [5, 5.41) is 9.17. The molecule has 3 nitrogen and oxygen atoms in total. The van der Waals surface area contributed by atoms with E-state index in [9.17, 15) is 9.90 Å². The van der Waals surface area contributed by atoms with Gasteiger partial charge in [0.1, 0.15) is 0 Å². The van der Waals surface area contributed by atoms with Crippen molar-refractivity contribution in [2.75, 3.05) is 0 Å². The van der Waals surface area contributed by atoms with Crippen molar-refractivity contribution in [2.45, 2.75) is 20.0 Å². The first-order valence-corrected chi connectivity index (χ1v) is 3.48. The van der Waals surface area contributed by atoms with Crippen LogP contribution in [0.3, 0.4) is 0 Å². The molecule has 0 radical (unpaired) electrons. The highest BCUT2D eigenvalue weighted by Crippen LogP contribution is 2.12. The number of nitrogens with one attached hydrogen (secondary N) is 1. The highest BCUT2D eigenvalue weighted by Gasteiger charge is 2.03. The third-order valence-electron chi connectivity index (χ3n) is 1.62. The molecule has 0 aliphatic heterocycles. The van der Waals surface area contributed by atoms with Crippen LogP contribution in [0.5, 0.6) is 0 Å². The first kappa shape index (κ1) is 8.01. The molecule has 0 aromatic carbocycles. The molecule has 1 aromatic rings. The van der Waals surface area contributed by atoms with Crippen molar-refractivity contribution in [1.29, 1.82) is 0 Å². The second-order valence-electron chi connectivity index (χ2n) is 2.61. The number of aryl methyl sites for hydroxylation is 1. The van der Waals surface area contributed by atoms with Crippen molar-refractivity contribution in [2.24, 2.45) is 0 Å². The minimum absolute atomic E-state index is 0.132. The molecule has 0 spiro atoms. The van der Waals surface area contributed by atoms with Crippen molar-refractivity contribution < 1.29 is 5.11 Å². The summed E-state index contributed by atoms with van der Waals surface area (Å²) in [6.07, 6.45) is 1.02. The average molecular weight is 153 g/mol. The summed E-state index contributed by atoms with van der Waals surface area (Å²) in [7, 11) is 0. The van der Waals surface area contributed by atoms with Gasteiger partial charge in [-0.1, -0.05) is 0 Å². The second-order valence-corrected chi connectivity index (χ2v) is 2.61. The number of aromatic amines is 1. The molecule has 0 unspecified atom stereocenters. The zero-order valence-electron chi connectivity index (χ0n) is 6.59. The molecule has 0 fully saturated rings. The second kappa shape index (κ2) is 2.88. The predicted molar refractivity (Wildman–Crippen MR) is 42.4 cm³/mol. The molecule has 0 saturated carbocycles. The van der Waals surface area contributed by atoms with Crippen LogP contribution in [-0.4, -0.2) is 10.1 Å². The van der Waals surface area contributed by atoms with Crippen LogP contribution in [0.25, 0.3) is 0 Å². The molecule has 1 atom stereocenters. The number of hydrogen-bond donors (Lipinski definition) is 2. The lowest BCUT2D eigenvalue weighted by molar-refractivity contribution is 0.198. The predicted octanol–water partition coefficient (Wildman–Crippen LogP) is 0.737. The Balaban J connectivity index is 3.20. The van der Waals surface area contributed by atoms with Crippen LogP contribution in [0.1, 0.15) is 24.2 Å². The molecule has 1 aromatic heterocycles. The number of H-pyrrole nitrogens is 1. The number of hydrogen-bond acceptors (Lipinski definition) is 2. The molecule has 0 aliphatic carbocycles. The zero-order chi connectivity index (χ0) is 8.43. The van der Waals surface area contributed by atoms with Crippen LogP contribution in [0.2, 0.25) is 0 Å². The van der Waals surface area contributed by atoms with Gasteiger partial charge >= 0.3 is 0 Å². The fraction of sp³-hybridized carbons (Fsp3) is 0.375. The van der Waals surface area contributed by atoms with Gasteiger partial charge in [0.25, 0.3) is 0 Å². The SMILES string of the molecule is Cc1cc(=O)[nH]cc1[C@@H](C)O. The van der Waals surface area contributed by atoms with Gasteiger partial charge in [-0.15, -0.1) is 0 Å². The minimum Gasteiger partial charge on any atom is -0.389 e. The van der Waals surface area contributed by atoms with Crippen LogP contribution >= 0.6 is 0 Å². The maximum atomic E-state index is 10.7. The van der Waals surface area contributed by atoms with Crippen molar-refractivity contribution in [3.63, 3.8) is 0 Å². The Hall–Kier alpha value is -1.09. The molecule has 0 saturated heterocycles. The van der Waals surface area contributed by atoms with E-state index < -0.39 is 6.10 Å². The van der Waals surface area contributed by atoms with E-state index in [0.29, 0.717) is 0 Å². The van der Waals surface area contributed by atoms with Crippen molar-refractivity contribution in [3.05, 3.63) is 33.7 Å². The van der Waals surface area contributed by atoms with Crippen molar-refractivity contribution in [3.8, 4) is 0 Å². The standard InChI is InChI=1S/C8H11NO2/c1-5-3-8(11)9-4-7(5)6(2)10/h3-4,6,10H,1-2H3,(H,9,11)/t6-/m1/s1. The van der Waals surface area contributed by atoms with E-state index in [1.165, 1.54) is 6.07 Å². The summed E-state index contributed by atoms with van der Waals surface area (Å²) in [6, 6.07) is 1.47. The molecular formula is C8H11NO2. The Morgan fingerprint density at radius 2 is 2.27 bits per heavy atom. The van der Waals surface area contributed by atoms with Crippen LogP contribution in [0.15, 0.2) is 17.1 Å². The number of aromatic nitrogens is 1. The lowest BCUT2D eigenvalue weighted by Gasteiger charge is -2.06. The molecule has 3 heteroatoms. The van der Waals surface area contributed by atoms with Gasteiger partial charge in [-0.25, -0.2) is 0 Å². The van der Waals surface area contributed by atoms with Gasteiger partial charge in [0, 0.05) is 12.3 Å². The van der Waals surface area contributed by atoms with Crippen molar-refractivity contribution >= 4 is 0 Å². The van der Waals surface area contributed by atoms with E-state index in [4.69, 9.17) is 0 Å². The highest BCUT2D eigenvalue weighted by molar-refractivity contribution is 5.22. The van der Waals surface area contributed by atoms with E-state index >= 15 is 0 Å². The molecule has 1 heterocycles. The Morgan fingerprint density at radius 1 is 1.64 bits per heavy atom. The summed E-state index contributed by atoms with van der Waals surface area (Å²) < 4.78 is 0. The van der Waals surface area contributed by atoms with Crippen molar-refractivity contribution in [1.82, 2.24) is 4.98 Å². The van der Waals surface area contributed by atoms with Gasteiger partial charge in [0.2, 0.25) is 5.56 Å². The topological polar surface area (TPSA) is 53.1 Å². The molecule has 0 bridgehead atoms. The third kappa shape index (κ3) is 1.68. The van der Waals surface area contributed by atoms with Gasteiger partial charge in [-0.2, -0.15) is 0 Å². The number of rotatable bonds is 1. The first-order chi connectivity index (χ1) is 5.11. The van der Waals surface area contributed by atoms with E-state index in [1.54, 1.807) is 20.0 Å². The van der Waals surface area contributed by atoms with Gasteiger partial charge in [0.15, 0.2) is 0 Å². The fourth-order valence-electron chi connectivity index (χ4n) is 1.03. The summed E-state index contributed by atoms with van der Waals surface area (Å²) in [5.74, 6) is 0. The molecule has 60 valence electrons. The number of pyridine rings is 1. The number of aliphatic hydroxyl groups excluding tert-OH is 1. The van der Waals surface area contributed by atoms with Crippen LogP contribution in [-0.2, 0) is 0 Å². The Morgan fingerprint density at radius 3 is 2.73 bits per heavy atom. The summed E-state index contributed by atoms with van der Waals surface area (Å²) >= 11 is 0. The van der Waals surface area contributed by atoms with Crippen LogP contribution < -0.4 is 5.56 Å². The quantitative estimate of drug-likeness (QED) is 0.625. The lowest BCUT2D eigenvalue weighted by atomic mass is 10.1. The molecule has 11 heavy (non-hydrogen) atoms. The average Bonchev–Trinajstić information content (AvgIpc) is 1.85. The van der Waals surface area contributed by atoms with E-state index in [-0.39, 0.29) is 5.56 Å². The Bertz CT molecular complexity index is 301. The Kier molecular flexibility index (Phi) is 2.10. The summed E-state index contributed by atoms with van der Waals surface area (Å²) in [6.45, 7) is 3.47. The van der Waals surface area contributed by atoms with Crippen LogP contribution in [0, 0.1) is 6.92 Å². The molecular weight excluding hydrogens is 142 g/mol. The van der Waals surface area contributed by atoms with Gasteiger partial charge in [-0.05, 0) is 25.0 Å². The lowest BCUT2D eigenvalue weighted by Crippen LogP contribution is -2.07. The van der Waals surface area contributed by atoms with Crippen LogP contribution in [0.4, 0.5) is 0 Å². The molecule has 0 aliphatic rings. The molecule has 2 N–H and O–H groups in total. The van der Waals surface area contributed by atoms with E-state index in [2.05, 4.69) is 4.98 Å². The van der Waals surface area contributed by atoms with Gasteiger partial charge in [0.05, 0.1) is 6.10 Å². The molecule has 0 amide bonds. The highest BCUT2D eigenvalue weighted by atomic mass is 16.3. The Labute approximate surface area is 64.7 Å². The maximum absolute atomic E-state index is 10.7. The summed E-state index contributed by atoms with van der Waals surface area (Å²) in [4.78, 5) is 13.2. The maximum Gasteiger partial charge on any atom is 0.248 e. The largest absolute Gasteiger partial charge is 0.389 e. The smallest absolute Gasteiger partial charge is 0.248 e. The fourth-order valence-corrected chi connectivity index (χ4v) is 1.03. The first-order valence-electron chi connectivity index (χ1n) is 3.48. The zero-order valence-corrected chi connectivity index (χ0v) is 6.59. The third-order valence-corrected chi connectivity index (χ3v) is 1.62. The minimum atomic E-state index is -0.521. The normalized spacial score (nSPS) is 13.0. The molecule has 1 rings (SSSR count). The number of aliphatic hydroxyl groups is 1.